The molecule has 0 radical (unpaired) electrons. The van der Waals surface area contributed by atoms with Gasteiger partial charge in [0.1, 0.15) is 17.4 Å². The Balaban J connectivity index is 3.06. The number of amides is 1. The van der Waals surface area contributed by atoms with Crippen molar-refractivity contribution in [1.82, 2.24) is 5.32 Å². The third kappa shape index (κ3) is 4.39. The largest absolute Gasteiger partial charge is 0.444 e. The van der Waals surface area contributed by atoms with E-state index in [-0.39, 0.29) is 0 Å². The predicted octanol–water partition coefficient (Wildman–Crippen LogP) is 3.93. The number of carbonyl (C=O) groups excluding carboxylic acids is 2. The lowest BCUT2D eigenvalue weighted by Gasteiger charge is -2.28. The number of carbonyl (C=O) groups is 2. The maximum absolute atomic E-state index is 11.8. The third-order valence-corrected chi connectivity index (χ3v) is 3.05. The van der Waals surface area contributed by atoms with E-state index in [1.54, 1.807) is 32.9 Å². The molecule has 0 saturated heterocycles. The highest BCUT2D eigenvalue weighted by molar-refractivity contribution is 6.33. The Morgan fingerprint density at radius 1 is 1.25 bits per heavy atom. The maximum atomic E-state index is 11.8. The normalized spacial score (nSPS) is 14.3. The van der Waals surface area contributed by atoms with Crippen molar-refractivity contribution in [3.8, 4) is 0 Å². The average molecular weight is 318 g/mol. The highest BCUT2D eigenvalue weighted by Gasteiger charge is 2.32. The smallest absolute Gasteiger partial charge is 0.408 e. The molecule has 20 heavy (non-hydrogen) atoms. The fraction of sp³-hybridized carbons (Fsp3) is 0.429. The van der Waals surface area contributed by atoms with Crippen LogP contribution in [0, 0.1) is 0 Å². The summed E-state index contributed by atoms with van der Waals surface area (Å²) in [7, 11) is 0. The zero-order valence-corrected chi connectivity index (χ0v) is 13.3. The molecule has 0 bridgehead atoms. The topological polar surface area (TPSA) is 55.4 Å². The van der Waals surface area contributed by atoms with Crippen LogP contribution in [0.1, 0.15) is 33.3 Å². The first-order chi connectivity index (χ1) is 9.07. The van der Waals surface area contributed by atoms with E-state index in [0.717, 1.165) is 0 Å². The van der Waals surface area contributed by atoms with E-state index >= 15 is 0 Å². The lowest BCUT2D eigenvalue weighted by Crippen LogP contribution is -2.47. The molecule has 0 aromatic heterocycles. The van der Waals surface area contributed by atoms with Gasteiger partial charge in [-0.3, -0.25) is 0 Å². The van der Waals surface area contributed by atoms with Gasteiger partial charge in [-0.05, 0) is 45.9 Å². The third-order valence-electron chi connectivity index (χ3n) is 2.48. The van der Waals surface area contributed by atoms with E-state index in [1.165, 1.54) is 13.0 Å². The fourth-order valence-electron chi connectivity index (χ4n) is 1.57. The van der Waals surface area contributed by atoms with Crippen molar-refractivity contribution in [1.29, 1.82) is 0 Å². The zero-order chi connectivity index (χ0) is 15.6. The molecule has 4 nitrogen and oxygen atoms in total. The first-order valence-electron chi connectivity index (χ1n) is 6.00. The summed E-state index contributed by atoms with van der Waals surface area (Å²) in [6.07, 6.45) is -0.114. The summed E-state index contributed by atoms with van der Waals surface area (Å²) in [5.74, 6) is 0. The first kappa shape index (κ1) is 16.8. The minimum Gasteiger partial charge on any atom is -0.444 e. The Morgan fingerprint density at radius 2 is 1.85 bits per heavy atom. The number of hydrogen-bond donors (Lipinski definition) is 1. The molecule has 1 amide bonds. The maximum Gasteiger partial charge on any atom is 0.408 e. The molecule has 0 aliphatic carbocycles. The van der Waals surface area contributed by atoms with Gasteiger partial charge in [0.25, 0.3) is 0 Å². The van der Waals surface area contributed by atoms with E-state index in [4.69, 9.17) is 27.9 Å². The van der Waals surface area contributed by atoms with Crippen LogP contribution in [0.4, 0.5) is 4.79 Å². The van der Waals surface area contributed by atoms with E-state index in [2.05, 4.69) is 5.32 Å². The zero-order valence-electron chi connectivity index (χ0n) is 11.8. The first-order valence-corrected chi connectivity index (χ1v) is 6.76. The van der Waals surface area contributed by atoms with Gasteiger partial charge in [0, 0.05) is 15.6 Å². The predicted molar refractivity (Wildman–Crippen MR) is 79.2 cm³/mol. The van der Waals surface area contributed by atoms with Gasteiger partial charge in [0.05, 0.1) is 0 Å². The number of benzene rings is 1. The van der Waals surface area contributed by atoms with Gasteiger partial charge in [-0.15, -0.1) is 0 Å². The van der Waals surface area contributed by atoms with Crippen LogP contribution in [0.25, 0.3) is 0 Å². The lowest BCUT2D eigenvalue weighted by atomic mass is 9.94. The van der Waals surface area contributed by atoms with Crippen LogP contribution >= 0.6 is 23.2 Å². The van der Waals surface area contributed by atoms with Crippen LogP contribution in [-0.4, -0.2) is 18.0 Å². The summed E-state index contributed by atoms with van der Waals surface area (Å²) in [6.45, 7) is 6.73. The summed E-state index contributed by atoms with van der Waals surface area (Å²) >= 11 is 12.0. The number of hydrogen-bond acceptors (Lipinski definition) is 3. The van der Waals surface area contributed by atoms with Gasteiger partial charge >= 0.3 is 6.09 Å². The van der Waals surface area contributed by atoms with Crippen molar-refractivity contribution in [2.45, 2.75) is 38.8 Å². The van der Waals surface area contributed by atoms with Crippen LogP contribution in [0.15, 0.2) is 18.2 Å². The molecule has 1 unspecified atom stereocenters. The van der Waals surface area contributed by atoms with Crippen molar-refractivity contribution in [2.75, 3.05) is 0 Å². The molecule has 0 heterocycles. The highest BCUT2D eigenvalue weighted by atomic mass is 35.5. The fourth-order valence-corrected chi connectivity index (χ4v) is 2.06. The molecule has 1 rings (SSSR count). The SMILES string of the molecule is CC(C)(C)OC(=O)NC(C)(C=O)c1cc(Cl)ccc1Cl. The van der Waals surface area contributed by atoms with Crippen molar-refractivity contribution in [2.24, 2.45) is 0 Å². The molecule has 0 spiro atoms. The standard InChI is InChI=1S/C14H17Cl2NO3/c1-13(2,3)20-12(19)17-14(4,8-18)10-7-9(15)5-6-11(10)16/h5-8H,1-4H3,(H,17,19). The molecule has 0 saturated carbocycles. The Bertz CT molecular complexity index is 526. The molecular formula is C14H17Cl2NO3. The summed E-state index contributed by atoms with van der Waals surface area (Å²) < 4.78 is 5.14. The van der Waals surface area contributed by atoms with Crippen molar-refractivity contribution in [3.05, 3.63) is 33.8 Å². The minimum absolute atomic E-state index is 0.333. The Morgan fingerprint density at radius 3 is 2.35 bits per heavy atom. The summed E-state index contributed by atoms with van der Waals surface area (Å²) in [5.41, 5.74) is -1.57. The second-order valence-electron chi connectivity index (χ2n) is 5.57. The van der Waals surface area contributed by atoms with Crippen LogP contribution < -0.4 is 5.32 Å². The van der Waals surface area contributed by atoms with Crippen LogP contribution in [0.5, 0.6) is 0 Å². The van der Waals surface area contributed by atoms with Crippen molar-refractivity contribution in [3.63, 3.8) is 0 Å². The second-order valence-corrected chi connectivity index (χ2v) is 6.41. The number of alkyl carbamates (subject to hydrolysis) is 1. The molecule has 0 aliphatic heterocycles. The van der Waals surface area contributed by atoms with Gasteiger partial charge in [-0.1, -0.05) is 23.2 Å². The number of aldehydes is 1. The van der Waals surface area contributed by atoms with Gasteiger partial charge in [0.2, 0.25) is 0 Å². The Hall–Kier alpha value is -1.26. The molecule has 0 aliphatic rings. The van der Waals surface area contributed by atoms with Gasteiger partial charge in [-0.2, -0.15) is 0 Å². The molecule has 1 atom stereocenters. The van der Waals surface area contributed by atoms with Gasteiger partial charge in [-0.25, -0.2) is 4.79 Å². The number of ether oxygens (including phenoxy) is 1. The minimum atomic E-state index is -1.32. The van der Waals surface area contributed by atoms with Crippen LogP contribution in [0.2, 0.25) is 10.0 Å². The van der Waals surface area contributed by atoms with E-state index in [9.17, 15) is 9.59 Å². The van der Waals surface area contributed by atoms with Crippen molar-refractivity contribution >= 4 is 35.6 Å². The van der Waals surface area contributed by atoms with Crippen LogP contribution in [0.3, 0.4) is 0 Å². The van der Waals surface area contributed by atoms with Gasteiger partial charge in [0.15, 0.2) is 0 Å². The van der Waals surface area contributed by atoms with Crippen molar-refractivity contribution < 1.29 is 14.3 Å². The average Bonchev–Trinajstić information content (AvgIpc) is 2.29. The lowest BCUT2D eigenvalue weighted by molar-refractivity contribution is -0.113. The molecule has 1 N–H and O–H groups in total. The monoisotopic (exact) mass is 317 g/mol. The summed E-state index contributed by atoms with van der Waals surface area (Å²) in [6, 6.07) is 4.71. The molecular weight excluding hydrogens is 301 g/mol. The number of nitrogens with one attached hydrogen (secondary N) is 1. The highest BCUT2D eigenvalue weighted by Crippen LogP contribution is 2.29. The molecule has 1 aromatic rings. The van der Waals surface area contributed by atoms with E-state index in [0.29, 0.717) is 21.9 Å². The summed E-state index contributed by atoms with van der Waals surface area (Å²) in [4.78, 5) is 23.3. The molecule has 1 aromatic carbocycles. The van der Waals surface area contributed by atoms with E-state index in [1.807, 2.05) is 0 Å². The molecule has 6 heteroatoms. The Labute approximate surface area is 128 Å². The Kier molecular flexibility index (Phi) is 5.05. The quantitative estimate of drug-likeness (QED) is 0.859. The molecule has 110 valence electrons. The second kappa shape index (κ2) is 6.02. The van der Waals surface area contributed by atoms with E-state index < -0.39 is 17.2 Å². The number of halogens is 2. The molecule has 0 fully saturated rings. The number of rotatable bonds is 3. The van der Waals surface area contributed by atoms with Crippen LogP contribution in [-0.2, 0) is 15.1 Å². The summed E-state index contributed by atoms with van der Waals surface area (Å²) in [5, 5.41) is 3.26. The van der Waals surface area contributed by atoms with Gasteiger partial charge < -0.3 is 14.8 Å².